The SMILES string of the molecule is CCOc1ccc(NC(=O)Nc2c(C)nc(OCC)nc2C)cc1. The molecule has 0 aliphatic rings. The molecule has 0 radical (unpaired) electrons. The molecular formula is C17H22N4O3. The maximum atomic E-state index is 12.2. The molecule has 2 amide bonds. The summed E-state index contributed by atoms with van der Waals surface area (Å²) < 4.78 is 10.7. The van der Waals surface area contributed by atoms with E-state index in [9.17, 15) is 4.79 Å². The first kappa shape index (κ1) is 17.5. The van der Waals surface area contributed by atoms with Gasteiger partial charge in [0.2, 0.25) is 0 Å². The molecule has 7 heteroatoms. The second-order valence-electron chi connectivity index (χ2n) is 5.02. The molecule has 1 heterocycles. The number of nitrogens with zero attached hydrogens (tertiary/aromatic N) is 2. The monoisotopic (exact) mass is 330 g/mol. The molecule has 24 heavy (non-hydrogen) atoms. The van der Waals surface area contributed by atoms with Crippen molar-refractivity contribution < 1.29 is 14.3 Å². The third-order valence-electron chi connectivity index (χ3n) is 3.19. The van der Waals surface area contributed by atoms with E-state index in [1.165, 1.54) is 0 Å². The summed E-state index contributed by atoms with van der Waals surface area (Å²) >= 11 is 0. The van der Waals surface area contributed by atoms with E-state index in [-0.39, 0.29) is 6.03 Å². The molecule has 0 saturated carbocycles. The number of carbonyl (C=O) groups excluding carboxylic acids is 1. The molecule has 2 aromatic rings. The van der Waals surface area contributed by atoms with Crippen LogP contribution in [0.5, 0.6) is 11.8 Å². The number of rotatable bonds is 6. The smallest absolute Gasteiger partial charge is 0.323 e. The Labute approximate surface area is 141 Å². The molecule has 0 aliphatic heterocycles. The Bertz CT molecular complexity index is 678. The Morgan fingerprint density at radius 3 is 2.08 bits per heavy atom. The first-order valence-corrected chi connectivity index (χ1v) is 7.82. The number of aromatic nitrogens is 2. The third-order valence-corrected chi connectivity index (χ3v) is 3.19. The van der Waals surface area contributed by atoms with E-state index in [1.54, 1.807) is 38.1 Å². The van der Waals surface area contributed by atoms with E-state index in [1.807, 2.05) is 13.8 Å². The predicted molar refractivity (Wildman–Crippen MR) is 92.9 cm³/mol. The van der Waals surface area contributed by atoms with Gasteiger partial charge in [-0.3, -0.25) is 0 Å². The van der Waals surface area contributed by atoms with Gasteiger partial charge in [0.05, 0.1) is 30.3 Å². The lowest BCUT2D eigenvalue weighted by atomic mass is 10.3. The Morgan fingerprint density at radius 1 is 0.958 bits per heavy atom. The number of urea groups is 1. The van der Waals surface area contributed by atoms with E-state index < -0.39 is 0 Å². The van der Waals surface area contributed by atoms with Gasteiger partial charge in [0.15, 0.2) is 0 Å². The second kappa shape index (κ2) is 8.14. The van der Waals surface area contributed by atoms with E-state index in [4.69, 9.17) is 9.47 Å². The Morgan fingerprint density at radius 2 is 1.54 bits per heavy atom. The minimum Gasteiger partial charge on any atom is -0.494 e. The van der Waals surface area contributed by atoms with Crippen molar-refractivity contribution in [2.75, 3.05) is 23.8 Å². The molecule has 0 unspecified atom stereocenters. The summed E-state index contributed by atoms with van der Waals surface area (Å²) in [5.74, 6) is 0.759. The Kier molecular flexibility index (Phi) is 5.95. The highest BCUT2D eigenvalue weighted by Gasteiger charge is 2.12. The minimum absolute atomic E-state index is 0.310. The van der Waals surface area contributed by atoms with E-state index in [0.29, 0.717) is 42.0 Å². The molecule has 0 aliphatic carbocycles. The number of ether oxygens (including phenoxy) is 2. The van der Waals surface area contributed by atoms with Gasteiger partial charge >= 0.3 is 12.0 Å². The number of hydrogen-bond acceptors (Lipinski definition) is 5. The van der Waals surface area contributed by atoms with E-state index >= 15 is 0 Å². The average Bonchev–Trinajstić information content (AvgIpc) is 2.53. The summed E-state index contributed by atoms with van der Waals surface area (Å²) in [5, 5.41) is 5.54. The van der Waals surface area contributed by atoms with Crippen LogP contribution in [0.2, 0.25) is 0 Å². The third kappa shape index (κ3) is 4.58. The number of aryl methyl sites for hydroxylation is 2. The van der Waals surface area contributed by atoms with Crippen molar-refractivity contribution >= 4 is 17.4 Å². The van der Waals surface area contributed by atoms with E-state index in [0.717, 1.165) is 5.75 Å². The van der Waals surface area contributed by atoms with Gasteiger partial charge < -0.3 is 20.1 Å². The quantitative estimate of drug-likeness (QED) is 0.846. The predicted octanol–water partition coefficient (Wildman–Crippen LogP) is 3.53. The fourth-order valence-corrected chi connectivity index (χ4v) is 2.14. The highest BCUT2D eigenvalue weighted by atomic mass is 16.5. The first-order valence-electron chi connectivity index (χ1n) is 7.82. The second-order valence-corrected chi connectivity index (χ2v) is 5.02. The highest BCUT2D eigenvalue weighted by molar-refractivity contribution is 6.00. The Balaban J connectivity index is 2.04. The molecule has 7 nitrogen and oxygen atoms in total. The molecule has 0 atom stereocenters. The van der Waals surface area contributed by atoms with Gasteiger partial charge in [-0.15, -0.1) is 0 Å². The first-order chi connectivity index (χ1) is 11.5. The number of nitrogens with one attached hydrogen (secondary N) is 2. The van der Waals surface area contributed by atoms with Crippen molar-refractivity contribution in [2.24, 2.45) is 0 Å². The van der Waals surface area contributed by atoms with Gasteiger partial charge in [0.1, 0.15) is 5.75 Å². The Hall–Kier alpha value is -2.83. The lowest BCUT2D eigenvalue weighted by Gasteiger charge is -2.13. The normalized spacial score (nSPS) is 10.2. The molecule has 1 aromatic heterocycles. The van der Waals surface area contributed by atoms with Gasteiger partial charge in [-0.2, -0.15) is 9.97 Å². The van der Waals surface area contributed by atoms with Crippen molar-refractivity contribution in [1.29, 1.82) is 0 Å². The average molecular weight is 330 g/mol. The summed E-state index contributed by atoms with van der Waals surface area (Å²) in [5.41, 5.74) is 2.53. The molecule has 0 fully saturated rings. The summed E-state index contributed by atoms with van der Waals surface area (Å²) in [7, 11) is 0. The van der Waals surface area contributed by atoms with Crippen LogP contribution in [-0.2, 0) is 0 Å². The van der Waals surface area contributed by atoms with Crippen LogP contribution in [0.25, 0.3) is 0 Å². The zero-order chi connectivity index (χ0) is 17.5. The largest absolute Gasteiger partial charge is 0.494 e. The summed E-state index contributed by atoms with van der Waals surface area (Å²) in [6.07, 6.45) is 0. The molecule has 0 saturated heterocycles. The summed E-state index contributed by atoms with van der Waals surface area (Å²) in [6, 6.07) is 7.10. The molecule has 0 spiro atoms. The van der Waals surface area contributed by atoms with Crippen LogP contribution in [0.15, 0.2) is 24.3 Å². The van der Waals surface area contributed by atoms with E-state index in [2.05, 4.69) is 20.6 Å². The van der Waals surface area contributed by atoms with Gasteiger partial charge in [-0.25, -0.2) is 4.79 Å². The molecular weight excluding hydrogens is 308 g/mol. The van der Waals surface area contributed by atoms with Gasteiger partial charge in [-0.1, -0.05) is 0 Å². The maximum absolute atomic E-state index is 12.2. The van der Waals surface area contributed by atoms with Crippen LogP contribution in [0.4, 0.5) is 16.2 Å². The zero-order valence-corrected chi connectivity index (χ0v) is 14.3. The van der Waals surface area contributed by atoms with Crippen molar-refractivity contribution in [1.82, 2.24) is 9.97 Å². The molecule has 2 rings (SSSR count). The van der Waals surface area contributed by atoms with Crippen LogP contribution in [-0.4, -0.2) is 29.2 Å². The van der Waals surface area contributed by atoms with Gasteiger partial charge in [0.25, 0.3) is 0 Å². The highest BCUT2D eigenvalue weighted by Crippen LogP contribution is 2.20. The zero-order valence-electron chi connectivity index (χ0n) is 14.3. The van der Waals surface area contributed by atoms with Gasteiger partial charge in [-0.05, 0) is 52.0 Å². The lowest BCUT2D eigenvalue weighted by Crippen LogP contribution is -2.21. The van der Waals surface area contributed by atoms with Crippen molar-refractivity contribution in [3.05, 3.63) is 35.7 Å². The number of carbonyl (C=O) groups is 1. The van der Waals surface area contributed by atoms with Crippen LogP contribution in [0.3, 0.4) is 0 Å². The number of amides is 2. The molecule has 128 valence electrons. The van der Waals surface area contributed by atoms with Crippen molar-refractivity contribution in [3.63, 3.8) is 0 Å². The number of anilines is 2. The minimum atomic E-state index is -0.363. The lowest BCUT2D eigenvalue weighted by molar-refractivity contribution is 0.262. The maximum Gasteiger partial charge on any atom is 0.323 e. The number of hydrogen-bond donors (Lipinski definition) is 2. The number of benzene rings is 1. The van der Waals surface area contributed by atoms with Crippen LogP contribution >= 0.6 is 0 Å². The fraction of sp³-hybridized carbons (Fsp3) is 0.353. The standard InChI is InChI=1S/C17H22N4O3/c1-5-23-14-9-7-13(8-10-14)20-16(22)21-15-11(3)18-17(24-6-2)19-12(15)4/h7-10H,5-6H2,1-4H3,(H2,20,21,22). The molecule has 2 N–H and O–H groups in total. The van der Waals surface area contributed by atoms with Crippen LogP contribution < -0.4 is 20.1 Å². The van der Waals surface area contributed by atoms with Crippen LogP contribution in [0.1, 0.15) is 25.2 Å². The topological polar surface area (TPSA) is 85.4 Å². The summed E-state index contributed by atoms with van der Waals surface area (Å²) in [4.78, 5) is 20.6. The van der Waals surface area contributed by atoms with Crippen LogP contribution in [0, 0.1) is 13.8 Å². The van der Waals surface area contributed by atoms with Gasteiger partial charge in [0, 0.05) is 5.69 Å². The molecule has 1 aromatic carbocycles. The van der Waals surface area contributed by atoms with Crippen molar-refractivity contribution in [3.8, 4) is 11.8 Å². The van der Waals surface area contributed by atoms with Crippen molar-refractivity contribution in [2.45, 2.75) is 27.7 Å². The molecule has 0 bridgehead atoms. The summed E-state index contributed by atoms with van der Waals surface area (Å²) in [6.45, 7) is 8.47. The fourth-order valence-electron chi connectivity index (χ4n) is 2.14.